The van der Waals surface area contributed by atoms with Crippen molar-refractivity contribution in [3.63, 3.8) is 0 Å². The summed E-state index contributed by atoms with van der Waals surface area (Å²) in [6.45, 7) is 4.77. The van der Waals surface area contributed by atoms with Crippen LogP contribution in [0.25, 0.3) is 11.3 Å². The first-order chi connectivity index (χ1) is 16.0. The maximum atomic E-state index is 12.8. The molecule has 5 nitrogen and oxygen atoms in total. The second-order valence-electron chi connectivity index (χ2n) is 9.13. The number of pyridine rings is 1. The number of benzene rings is 1. The van der Waals surface area contributed by atoms with Gasteiger partial charge in [0.05, 0.1) is 25.0 Å². The van der Waals surface area contributed by atoms with Crippen molar-refractivity contribution in [2.75, 3.05) is 19.5 Å². The quantitative estimate of drug-likeness (QED) is 0.456. The normalized spacial score (nSPS) is 17.8. The van der Waals surface area contributed by atoms with Gasteiger partial charge < -0.3 is 14.0 Å². The molecule has 0 radical (unpaired) electrons. The minimum Gasteiger partial charge on any atom is -0.493 e. The zero-order valence-corrected chi connectivity index (χ0v) is 20.8. The number of hydrogen-bond acceptors (Lipinski definition) is 5. The summed E-state index contributed by atoms with van der Waals surface area (Å²) in [5.74, 6) is 2.89. The van der Waals surface area contributed by atoms with Gasteiger partial charge in [-0.1, -0.05) is 57.7 Å². The predicted octanol–water partition coefficient (Wildman–Crippen LogP) is 6.27. The molecule has 1 fully saturated rings. The molecule has 2 aliphatic rings. The second kappa shape index (κ2) is 10.8. The minimum atomic E-state index is -0.221. The summed E-state index contributed by atoms with van der Waals surface area (Å²) in [6, 6.07) is 5.89. The average molecular weight is 470 g/mol. The molecule has 1 saturated carbocycles. The monoisotopic (exact) mass is 469 g/mol. The van der Waals surface area contributed by atoms with Crippen LogP contribution in [0.3, 0.4) is 0 Å². The molecule has 1 unspecified atom stereocenters. The van der Waals surface area contributed by atoms with Gasteiger partial charge in [-0.15, -0.1) is 0 Å². The zero-order valence-electron chi connectivity index (χ0n) is 20.0. The van der Waals surface area contributed by atoms with Gasteiger partial charge in [0.25, 0.3) is 0 Å². The molecule has 6 heteroatoms. The van der Waals surface area contributed by atoms with Gasteiger partial charge in [0, 0.05) is 23.9 Å². The lowest BCUT2D eigenvalue weighted by atomic mass is 9.87. The van der Waals surface area contributed by atoms with Crippen molar-refractivity contribution < 1.29 is 14.3 Å². The Morgan fingerprint density at radius 3 is 2.61 bits per heavy atom. The summed E-state index contributed by atoms with van der Waals surface area (Å²) in [4.78, 5) is 25.3. The van der Waals surface area contributed by atoms with Crippen LogP contribution in [-0.2, 0) is 6.42 Å². The molecule has 4 rings (SSSR count). The molecule has 0 N–H and O–H groups in total. The number of methoxy groups -OCH3 is 1. The molecule has 1 aliphatic carbocycles. The molecule has 1 atom stereocenters. The Balaban J connectivity index is 1.64. The summed E-state index contributed by atoms with van der Waals surface area (Å²) in [5, 5.41) is -0.155. The Morgan fingerprint density at radius 2 is 1.91 bits per heavy atom. The Labute approximate surface area is 200 Å². The van der Waals surface area contributed by atoms with Crippen molar-refractivity contribution in [1.29, 1.82) is 0 Å². The van der Waals surface area contributed by atoms with Crippen LogP contribution in [0.5, 0.6) is 11.5 Å². The average Bonchev–Trinajstić information content (AvgIpc) is 2.83. The molecule has 1 aromatic heterocycles. The van der Waals surface area contributed by atoms with E-state index in [9.17, 15) is 9.59 Å². The van der Waals surface area contributed by atoms with E-state index in [0.29, 0.717) is 18.1 Å². The van der Waals surface area contributed by atoms with Crippen LogP contribution < -0.4 is 14.9 Å². The van der Waals surface area contributed by atoms with E-state index < -0.39 is 0 Å². The highest BCUT2D eigenvalue weighted by atomic mass is 32.2. The number of fused-ring (bicyclic) bond motifs is 3. The van der Waals surface area contributed by atoms with Gasteiger partial charge in [-0.05, 0) is 48.6 Å². The molecule has 0 saturated heterocycles. The van der Waals surface area contributed by atoms with Crippen molar-refractivity contribution >= 4 is 16.9 Å². The van der Waals surface area contributed by atoms with Crippen LogP contribution in [0.2, 0.25) is 0 Å². The third kappa shape index (κ3) is 5.16. The molecule has 2 aromatic rings. The molecule has 2 heterocycles. The van der Waals surface area contributed by atoms with Crippen LogP contribution in [0, 0.1) is 5.92 Å². The van der Waals surface area contributed by atoms with Crippen LogP contribution >= 0.6 is 11.8 Å². The van der Waals surface area contributed by atoms with E-state index in [1.54, 1.807) is 19.4 Å². The van der Waals surface area contributed by atoms with E-state index in [2.05, 4.69) is 17.6 Å². The number of nitrogens with zero attached hydrogens (tertiary/aromatic N) is 1. The highest BCUT2D eigenvalue weighted by Gasteiger charge is 2.27. The van der Waals surface area contributed by atoms with Crippen LogP contribution in [0.15, 0.2) is 29.2 Å². The Bertz CT molecular complexity index is 1050. The van der Waals surface area contributed by atoms with E-state index in [0.717, 1.165) is 47.8 Å². The minimum absolute atomic E-state index is 0.155. The van der Waals surface area contributed by atoms with Crippen molar-refractivity contribution in [2.24, 2.45) is 5.92 Å². The highest BCUT2D eigenvalue weighted by Crippen LogP contribution is 2.42. The van der Waals surface area contributed by atoms with Crippen LogP contribution in [-0.4, -0.2) is 29.2 Å². The van der Waals surface area contributed by atoms with Crippen molar-refractivity contribution in [1.82, 2.24) is 4.57 Å². The van der Waals surface area contributed by atoms with Crippen molar-refractivity contribution in [3.8, 4) is 22.8 Å². The third-order valence-electron chi connectivity index (χ3n) is 7.07. The number of carbonyl (C=O) groups excluding carboxylic acids is 1. The number of carbonyl (C=O) groups is 1. The second-order valence-corrected chi connectivity index (χ2v) is 10.4. The van der Waals surface area contributed by atoms with E-state index in [-0.39, 0.29) is 22.1 Å². The summed E-state index contributed by atoms with van der Waals surface area (Å²) < 4.78 is 14.0. The molecule has 178 valence electrons. The van der Waals surface area contributed by atoms with Crippen LogP contribution in [0.4, 0.5) is 0 Å². The summed E-state index contributed by atoms with van der Waals surface area (Å²) in [5.41, 5.74) is 3.04. The first-order valence-electron chi connectivity index (χ1n) is 12.3. The number of thioether (sulfide) groups is 1. The third-order valence-corrected chi connectivity index (χ3v) is 7.84. The van der Waals surface area contributed by atoms with E-state index in [1.807, 2.05) is 13.0 Å². The first kappa shape index (κ1) is 23.9. The Hall–Kier alpha value is -2.21. The standard InChI is InChI=1S/C27H35NO4S/c1-4-20-13-19-14-26(32-12-11-18-9-7-6-8-10-18)25(31-3)15-21(19)23-16-24(29)22(17-28(20)23)27(30)33-5-2/h14-18,20H,4-13H2,1-3H3. The molecular formula is C27H35NO4S. The maximum absolute atomic E-state index is 12.8. The summed E-state index contributed by atoms with van der Waals surface area (Å²) in [6.07, 6.45) is 11.3. The van der Waals surface area contributed by atoms with Gasteiger partial charge in [-0.2, -0.15) is 0 Å². The highest BCUT2D eigenvalue weighted by molar-refractivity contribution is 8.14. The Kier molecular flexibility index (Phi) is 7.84. The zero-order chi connectivity index (χ0) is 23.4. The molecule has 1 aromatic carbocycles. The fourth-order valence-electron chi connectivity index (χ4n) is 5.22. The molecule has 0 bridgehead atoms. The smallest absolute Gasteiger partial charge is 0.224 e. The lowest BCUT2D eigenvalue weighted by molar-refractivity contribution is 0.108. The summed E-state index contributed by atoms with van der Waals surface area (Å²) >= 11 is 1.18. The van der Waals surface area contributed by atoms with Gasteiger partial charge in [0.2, 0.25) is 5.12 Å². The lowest BCUT2D eigenvalue weighted by Crippen LogP contribution is -2.25. The van der Waals surface area contributed by atoms with Gasteiger partial charge in [-0.3, -0.25) is 9.59 Å². The number of hydrogen-bond donors (Lipinski definition) is 0. The van der Waals surface area contributed by atoms with E-state index >= 15 is 0 Å². The number of rotatable bonds is 8. The lowest BCUT2D eigenvalue weighted by Gasteiger charge is -2.31. The number of ether oxygens (including phenoxy) is 2. The first-order valence-corrected chi connectivity index (χ1v) is 13.3. The van der Waals surface area contributed by atoms with E-state index in [1.165, 1.54) is 43.9 Å². The topological polar surface area (TPSA) is 57.5 Å². The van der Waals surface area contributed by atoms with Gasteiger partial charge in [0.15, 0.2) is 16.9 Å². The predicted molar refractivity (Wildman–Crippen MR) is 135 cm³/mol. The van der Waals surface area contributed by atoms with Gasteiger partial charge in [0.1, 0.15) is 0 Å². The van der Waals surface area contributed by atoms with Crippen molar-refractivity contribution in [2.45, 2.75) is 71.3 Å². The molecule has 1 aliphatic heterocycles. The van der Waals surface area contributed by atoms with Crippen LogP contribution in [0.1, 0.15) is 80.8 Å². The largest absolute Gasteiger partial charge is 0.493 e. The molecule has 33 heavy (non-hydrogen) atoms. The van der Waals surface area contributed by atoms with E-state index in [4.69, 9.17) is 9.47 Å². The van der Waals surface area contributed by atoms with Gasteiger partial charge >= 0.3 is 0 Å². The summed E-state index contributed by atoms with van der Waals surface area (Å²) in [7, 11) is 1.66. The van der Waals surface area contributed by atoms with Gasteiger partial charge in [-0.25, -0.2) is 0 Å². The Morgan fingerprint density at radius 1 is 1.12 bits per heavy atom. The fourth-order valence-corrected chi connectivity index (χ4v) is 5.79. The SMILES string of the molecule is CCSC(=O)c1cn2c(cc1=O)-c1cc(OC)c(OCCC3CCCCC3)cc1CC2CC. The fraction of sp³-hybridized carbons (Fsp3) is 0.556. The maximum Gasteiger partial charge on any atom is 0.224 e. The molecule has 0 spiro atoms. The van der Waals surface area contributed by atoms with Crippen molar-refractivity contribution in [3.05, 3.63) is 45.7 Å². The molecular weight excluding hydrogens is 434 g/mol. The number of aromatic nitrogens is 1. The molecule has 0 amide bonds.